The van der Waals surface area contributed by atoms with Crippen LogP contribution in [0, 0.1) is 0 Å². The fourth-order valence-electron chi connectivity index (χ4n) is 11.6. The average Bonchev–Trinajstić information content (AvgIpc) is 3.46. The number of hydrogen-bond donors (Lipinski definition) is 0. The minimum atomic E-state index is 1.09. The standard InChI is InChI=1S/C72H47N/c1-3-19-51(20-4-1)69-61-25-11-13-27-63(61)70(64-28-14-12-26-62(64)69)52-37-42-60(43-38-52)73(58-23-5-2-6-24-58)59-40-35-50(36-41-59)55-39-44-67-68(47-55)72(57-34-32-49-18-8-10-22-54(49)46-57)66-30-16-15-29-65(66)71(67)56-33-31-48-17-7-9-21-53(48)45-56/h1-47H. The Hall–Kier alpha value is -9.56. The van der Waals surface area contributed by atoms with Gasteiger partial charge in [-0.25, -0.2) is 0 Å². The van der Waals surface area contributed by atoms with Crippen LogP contribution >= 0.6 is 0 Å². The maximum absolute atomic E-state index is 2.43. The molecule has 0 aromatic heterocycles. The predicted molar refractivity (Wildman–Crippen MR) is 313 cm³/mol. The third-order valence-electron chi connectivity index (χ3n) is 15.0. The summed E-state index contributed by atoms with van der Waals surface area (Å²) in [5.74, 6) is 0. The molecule has 0 N–H and O–H groups in total. The summed E-state index contributed by atoms with van der Waals surface area (Å²) in [6, 6.07) is 105. The molecule has 0 heterocycles. The molecule has 14 aromatic carbocycles. The van der Waals surface area contributed by atoms with Crippen LogP contribution in [-0.2, 0) is 0 Å². The minimum Gasteiger partial charge on any atom is -0.311 e. The quantitative estimate of drug-likeness (QED) is 0.137. The van der Waals surface area contributed by atoms with Gasteiger partial charge in [-0.2, -0.15) is 0 Å². The van der Waals surface area contributed by atoms with Gasteiger partial charge in [0.25, 0.3) is 0 Å². The van der Waals surface area contributed by atoms with E-state index in [0.29, 0.717) is 0 Å². The van der Waals surface area contributed by atoms with E-state index in [-0.39, 0.29) is 0 Å². The molecule has 14 rings (SSSR count). The number of rotatable bonds is 8. The second-order valence-corrected chi connectivity index (χ2v) is 19.2. The summed E-state index contributed by atoms with van der Waals surface area (Å²) in [6.07, 6.45) is 0. The van der Waals surface area contributed by atoms with Crippen LogP contribution in [0.1, 0.15) is 0 Å². The predicted octanol–water partition coefficient (Wildman–Crippen LogP) is 20.4. The van der Waals surface area contributed by atoms with Crippen molar-refractivity contribution < 1.29 is 0 Å². The van der Waals surface area contributed by atoms with Crippen LogP contribution in [0.25, 0.3) is 120 Å². The van der Waals surface area contributed by atoms with Crippen molar-refractivity contribution in [1.82, 2.24) is 0 Å². The molecule has 340 valence electrons. The molecule has 0 saturated carbocycles. The molecule has 73 heavy (non-hydrogen) atoms. The normalized spacial score (nSPS) is 11.6. The van der Waals surface area contributed by atoms with Gasteiger partial charge in [0.15, 0.2) is 0 Å². The Morgan fingerprint density at radius 3 is 0.959 bits per heavy atom. The van der Waals surface area contributed by atoms with Crippen LogP contribution < -0.4 is 4.90 Å². The zero-order valence-corrected chi connectivity index (χ0v) is 40.1. The summed E-state index contributed by atoms with van der Waals surface area (Å²) in [5, 5.41) is 14.9. The Kier molecular flexibility index (Phi) is 10.3. The van der Waals surface area contributed by atoms with Crippen LogP contribution in [0.3, 0.4) is 0 Å². The van der Waals surface area contributed by atoms with E-state index in [1.807, 2.05) is 0 Å². The summed E-state index contributed by atoms with van der Waals surface area (Å²) < 4.78 is 0. The largest absolute Gasteiger partial charge is 0.311 e. The van der Waals surface area contributed by atoms with Gasteiger partial charge >= 0.3 is 0 Å². The fraction of sp³-hybridized carbons (Fsp3) is 0. The number of hydrogen-bond acceptors (Lipinski definition) is 1. The average molecular weight is 926 g/mol. The summed E-state index contributed by atoms with van der Waals surface area (Å²) in [7, 11) is 0. The molecule has 0 saturated heterocycles. The molecule has 0 radical (unpaired) electrons. The highest BCUT2D eigenvalue weighted by Crippen LogP contribution is 2.48. The van der Waals surface area contributed by atoms with Gasteiger partial charge in [0, 0.05) is 17.1 Å². The molecule has 1 nitrogen and oxygen atoms in total. The molecule has 0 aliphatic carbocycles. The smallest absolute Gasteiger partial charge is 0.0462 e. The molecular formula is C72H47N. The Balaban J connectivity index is 0.892. The Morgan fingerprint density at radius 1 is 0.164 bits per heavy atom. The van der Waals surface area contributed by atoms with Gasteiger partial charge in [-0.05, 0) is 175 Å². The first-order valence-electron chi connectivity index (χ1n) is 25.2. The van der Waals surface area contributed by atoms with Crippen molar-refractivity contribution in [2.45, 2.75) is 0 Å². The van der Waals surface area contributed by atoms with Crippen molar-refractivity contribution in [3.8, 4) is 55.6 Å². The Labute approximate surface area is 425 Å². The number of benzene rings is 14. The SMILES string of the molecule is c1ccc(-c2c3ccccc3c(-c3ccc(N(c4ccccc4)c4ccc(-c5ccc6c(-c7ccc8ccccc8c7)c7ccccc7c(-c7ccc8ccccc8c7)c6c5)cc4)cc3)c3ccccc23)cc1. The highest BCUT2D eigenvalue weighted by molar-refractivity contribution is 6.23. The van der Waals surface area contributed by atoms with Crippen LogP contribution in [-0.4, -0.2) is 0 Å². The van der Waals surface area contributed by atoms with E-state index in [9.17, 15) is 0 Å². The van der Waals surface area contributed by atoms with Gasteiger partial charge in [0.1, 0.15) is 0 Å². The molecule has 0 bridgehead atoms. The van der Waals surface area contributed by atoms with E-state index >= 15 is 0 Å². The Bertz CT molecular complexity index is 4340. The highest BCUT2D eigenvalue weighted by atomic mass is 15.1. The minimum absolute atomic E-state index is 1.09. The molecule has 0 spiro atoms. The second-order valence-electron chi connectivity index (χ2n) is 19.2. The lowest BCUT2D eigenvalue weighted by Gasteiger charge is -2.26. The summed E-state index contributed by atoms with van der Waals surface area (Å²) in [5.41, 5.74) is 15.5. The number of para-hydroxylation sites is 1. The van der Waals surface area contributed by atoms with Crippen LogP contribution in [0.2, 0.25) is 0 Å². The van der Waals surface area contributed by atoms with E-state index < -0.39 is 0 Å². The molecule has 0 amide bonds. The number of nitrogens with zero attached hydrogens (tertiary/aromatic N) is 1. The highest BCUT2D eigenvalue weighted by Gasteiger charge is 2.21. The van der Waals surface area contributed by atoms with Crippen molar-refractivity contribution in [3.63, 3.8) is 0 Å². The van der Waals surface area contributed by atoms with Crippen LogP contribution in [0.4, 0.5) is 17.1 Å². The molecule has 1 heteroatoms. The van der Waals surface area contributed by atoms with Crippen LogP contribution in [0.15, 0.2) is 285 Å². The number of anilines is 3. The molecule has 0 fully saturated rings. The van der Waals surface area contributed by atoms with Crippen LogP contribution in [0.5, 0.6) is 0 Å². The first-order chi connectivity index (χ1) is 36.2. The maximum atomic E-state index is 2.43. The maximum Gasteiger partial charge on any atom is 0.0462 e. The van der Waals surface area contributed by atoms with Gasteiger partial charge in [-0.1, -0.05) is 231 Å². The van der Waals surface area contributed by atoms with E-state index in [0.717, 1.165) is 22.6 Å². The van der Waals surface area contributed by atoms with Gasteiger partial charge < -0.3 is 4.90 Å². The lowest BCUT2D eigenvalue weighted by molar-refractivity contribution is 1.28. The summed E-state index contributed by atoms with van der Waals surface area (Å²) in [4.78, 5) is 2.36. The van der Waals surface area contributed by atoms with E-state index in [1.54, 1.807) is 0 Å². The lowest BCUT2D eigenvalue weighted by atomic mass is 9.84. The molecule has 0 atom stereocenters. The zero-order chi connectivity index (χ0) is 48.2. The van der Waals surface area contributed by atoms with Gasteiger partial charge in [-0.15, -0.1) is 0 Å². The lowest BCUT2D eigenvalue weighted by Crippen LogP contribution is -2.09. The first-order valence-corrected chi connectivity index (χ1v) is 25.2. The molecular weight excluding hydrogens is 879 g/mol. The molecule has 14 aromatic rings. The summed E-state index contributed by atoms with van der Waals surface area (Å²) in [6.45, 7) is 0. The van der Waals surface area contributed by atoms with Crippen molar-refractivity contribution >= 4 is 81.7 Å². The van der Waals surface area contributed by atoms with Crippen molar-refractivity contribution in [1.29, 1.82) is 0 Å². The third-order valence-corrected chi connectivity index (χ3v) is 15.0. The van der Waals surface area contributed by atoms with E-state index in [2.05, 4.69) is 290 Å². The van der Waals surface area contributed by atoms with Crippen molar-refractivity contribution in [2.24, 2.45) is 0 Å². The third kappa shape index (κ3) is 7.33. The fourth-order valence-corrected chi connectivity index (χ4v) is 11.6. The van der Waals surface area contributed by atoms with Crippen molar-refractivity contribution in [3.05, 3.63) is 285 Å². The van der Waals surface area contributed by atoms with Gasteiger partial charge in [0.05, 0.1) is 0 Å². The Morgan fingerprint density at radius 2 is 0.479 bits per heavy atom. The topological polar surface area (TPSA) is 3.24 Å². The number of fused-ring (bicyclic) bond motifs is 6. The second kappa shape index (κ2) is 17.7. The zero-order valence-electron chi connectivity index (χ0n) is 40.1. The monoisotopic (exact) mass is 925 g/mol. The molecule has 0 aliphatic heterocycles. The van der Waals surface area contributed by atoms with Crippen molar-refractivity contribution in [2.75, 3.05) is 4.90 Å². The van der Waals surface area contributed by atoms with E-state index in [1.165, 1.54) is 115 Å². The van der Waals surface area contributed by atoms with Gasteiger partial charge in [-0.3, -0.25) is 0 Å². The van der Waals surface area contributed by atoms with E-state index in [4.69, 9.17) is 0 Å². The first kappa shape index (κ1) is 42.3. The molecule has 0 unspecified atom stereocenters. The van der Waals surface area contributed by atoms with Gasteiger partial charge in [0.2, 0.25) is 0 Å². The molecule has 0 aliphatic rings. The summed E-state index contributed by atoms with van der Waals surface area (Å²) >= 11 is 0.